The molecule has 0 aromatic heterocycles. The lowest BCUT2D eigenvalue weighted by molar-refractivity contribution is -0.128. The van der Waals surface area contributed by atoms with Crippen LogP contribution in [0.15, 0.2) is 4.99 Å². The van der Waals surface area contributed by atoms with E-state index in [9.17, 15) is 4.79 Å². The molecule has 0 saturated carbocycles. The van der Waals surface area contributed by atoms with Crippen molar-refractivity contribution in [3.05, 3.63) is 0 Å². The third kappa shape index (κ3) is 11.9. The van der Waals surface area contributed by atoms with Crippen LogP contribution in [0, 0.1) is 0 Å². The Kier molecular flexibility index (Phi) is 14.1. The lowest BCUT2D eigenvalue weighted by Gasteiger charge is -2.10. The van der Waals surface area contributed by atoms with E-state index in [1.54, 1.807) is 19.0 Å². The number of ether oxygens (including phenoxy) is 1. The first kappa shape index (κ1) is 19.8. The summed E-state index contributed by atoms with van der Waals surface area (Å²) in [5.41, 5.74) is 5.62. The van der Waals surface area contributed by atoms with Crippen LogP contribution in [0.5, 0.6) is 0 Å². The molecule has 0 saturated heterocycles. The molecule has 0 spiro atoms. The Morgan fingerprint density at radius 1 is 1.44 bits per heavy atom. The molecular weight excluding hydrogens is 347 g/mol. The van der Waals surface area contributed by atoms with Crippen LogP contribution in [0.4, 0.5) is 0 Å². The molecule has 0 bridgehead atoms. The number of hydrogen-bond donors (Lipinski definition) is 2. The zero-order valence-corrected chi connectivity index (χ0v) is 13.8. The Labute approximate surface area is 126 Å². The van der Waals surface area contributed by atoms with Crippen molar-refractivity contribution in [3.63, 3.8) is 0 Å². The third-order valence-corrected chi connectivity index (χ3v) is 2.08. The number of amides is 1. The number of rotatable bonds is 8. The van der Waals surface area contributed by atoms with Gasteiger partial charge in [0.2, 0.25) is 5.91 Å². The third-order valence-electron chi connectivity index (χ3n) is 2.08. The standard InChI is InChI=1S/C11H24N4O2.HI/c1-4-17-9-5-7-13-11(12)14-8-6-10(16)15(2)3;/h4-9H2,1-3H3,(H3,12,13,14);1H. The van der Waals surface area contributed by atoms with Crippen LogP contribution < -0.4 is 11.1 Å². The van der Waals surface area contributed by atoms with Gasteiger partial charge in [0.05, 0.1) is 0 Å². The molecule has 7 heteroatoms. The smallest absolute Gasteiger partial charge is 0.223 e. The highest BCUT2D eigenvalue weighted by molar-refractivity contribution is 14.0. The van der Waals surface area contributed by atoms with E-state index in [2.05, 4.69) is 10.3 Å². The molecule has 0 atom stereocenters. The number of aliphatic imine (C=N–C) groups is 1. The highest BCUT2D eigenvalue weighted by atomic mass is 127. The number of carbonyl (C=O) groups excluding carboxylic acids is 1. The van der Waals surface area contributed by atoms with Gasteiger partial charge in [-0.15, -0.1) is 24.0 Å². The number of halogens is 1. The summed E-state index contributed by atoms with van der Waals surface area (Å²) < 4.78 is 5.17. The zero-order valence-electron chi connectivity index (χ0n) is 11.4. The molecule has 6 nitrogen and oxygen atoms in total. The Morgan fingerprint density at radius 2 is 2.11 bits per heavy atom. The molecule has 0 unspecified atom stereocenters. The zero-order chi connectivity index (χ0) is 13.1. The fourth-order valence-electron chi connectivity index (χ4n) is 1.09. The number of guanidine groups is 1. The number of carbonyl (C=O) groups is 1. The van der Waals surface area contributed by atoms with Crippen molar-refractivity contribution in [1.82, 2.24) is 10.2 Å². The maximum absolute atomic E-state index is 11.2. The number of nitrogens with zero attached hydrogens (tertiary/aromatic N) is 2. The number of nitrogens with one attached hydrogen (secondary N) is 1. The van der Waals surface area contributed by atoms with Gasteiger partial charge in [0.1, 0.15) is 0 Å². The van der Waals surface area contributed by atoms with E-state index < -0.39 is 0 Å². The lowest BCUT2D eigenvalue weighted by Crippen LogP contribution is -2.35. The van der Waals surface area contributed by atoms with E-state index in [1.165, 1.54) is 0 Å². The van der Waals surface area contributed by atoms with Crippen molar-refractivity contribution in [3.8, 4) is 0 Å². The van der Waals surface area contributed by atoms with E-state index in [-0.39, 0.29) is 29.9 Å². The summed E-state index contributed by atoms with van der Waals surface area (Å²) in [5, 5.41) is 2.90. The molecule has 0 radical (unpaired) electrons. The van der Waals surface area contributed by atoms with Crippen molar-refractivity contribution in [2.45, 2.75) is 19.8 Å². The van der Waals surface area contributed by atoms with Gasteiger partial charge in [-0.1, -0.05) is 0 Å². The van der Waals surface area contributed by atoms with E-state index in [0.29, 0.717) is 32.1 Å². The Balaban J connectivity index is 0. The van der Waals surface area contributed by atoms with Crippen molar-refractivity contribution in [2.24, 2.45) is 10.7 Å². The van der Waals surface area contributed by atoms with Crippen LogP contribution in [-0.4, -0.2) is 57.2 Å². The largest absolute Gasteiger partial charge is 0.382 e. The van der Waals surface area contributed by atoms with Crippen molar-refractivity contribution in [2.75, 3.05) is 40.4 Å². The molecule has 1 amide bonds. The molecule has 108 valence electrons. The number of nitrogens with two attached hydrogens (primary N) is 1. The van der Waals surface area contributed by atoms with Crippen molar-refractivity contribution >= 4 is 35.8 Å². The minimum absolute atomic E-state index is 0. The van der Waals surface area contributed by atoms with Crippen LogP contribution in [0.25, 0.3) is 0 Å². The number of hydrogen-bond acceptors (Lipinski definition) is 3. The average Bonchev–Trinajstić information content (AvgIpc) is 2.28. The first-order valence-corrected chi connectivity index (χ1v) is 5.89. The molecule has 0 aliphatic rings. The second kappa shape index (κ2) is 12.9. The van der Waals surface area contributed by atoms with E-state index in [1.807, 2.05) is 6.92 Å². The molecular formula is C11H25IN4O2. The fourth-order valence-corrected chi connectivity index (χ4v) is 1.09. The van der Waals surface area contributed by atoms with Gasteiger partial charge in [-0.3, -0.25) is 9.79 Å². The summed E-state index contributed by atoms with van der Waals surface area (Å²) in [5.74, 6) is 0.453. The van der Waals surface area contributed by atoms with E-state index in [4.69, 9.17) is 10.5 Å². The van der Waals surface area contributed by atoms with Crippen LogP contribution in [0.2, 0.25) is 0 Å². The van der Waals surface area contributed by atoms with Gasteiger partial charge in [-0.25, -0.2) is 0 Å². The van der Waals surface area contributed by atoms with Crippen molar-refractivity contribution < 1.29 is 9.53 Å². The normalized spacial score (nSPS) is 10.7. The second-order valence-electron chi connectivity index (χ2n) is 3.78. The summed E-state index contributed by atoms with van der Waals surface area (Å²) in [6.45, 7) is 4.54. The molecule has 0 rings (SSSR count). The molecule has 0 fully saturated rings. The molecule has 0 aliphatic heterocycles. The molecule has 0 aromatic carbocycles. The Morgan fingerprint density at radius 3 is 2.67 bits per heavy atom. The van der Waals surface area contributed by atoms with Gasteiger partial charge in [-0.05, 0) is 13.3 Å². The predicted molar refractivity (Wildman–Crippen MR) is 84.3 cm³/mol. The maximum Gasteiger partial charge on any atom is 0.223 e. The molecule has 18 heavy (non-hydrogen) atoms. The minimum atomic E-state index is 0. The molecule has 0 aromatic rings. The first-order chi connectivity index (χ1) is 8.07. The SMILES string of the molecule is CCOCCCN=C(N)NCCC(=O)N(C)C.I. The summed E-state index contributed by atoms with van der Waals surface area (Å²) >= 11 is 0. The van der Waals surface area contributed by atoms with Crippen molar-refractivity contribution in [1.29, 1.82) is 0 Å². The van der Waals surface area contributed by atoms with Gasteiger partial charge in [-0.2, -0.15) is 0 Å². The average molecular weight is 372 g/mol. The highest BCUT2D eigenvalue weighted by Crippen LogP contribution is 1.86. The summed E-state index contributed by atoms with van der Waals surface area (Å²) in [7, 11) is 3.46. The Hall–Kier alpha value is -0.570. The monoisotopic (exact) mass is 372 g/mol. The quantitative estimate of drug-likeness (QED) is 0.280. The highest BCUT2D eigenvalue weighted by Gasteiger charge is 2.02. The molecule has 0 aliphatic carbocycles. The molecule has 3 N–H and O–H groups in total. The molecule has 0 heterocycles. The Bertz CT molecular complexity index is 247. The van der Waals surface area contributed by atoms with Crippen LogP contribution in [-0.2, 0) is 9.53 Å². The first-order valence-electron chi connectivity index (χ1n) is 5.89. The predicted octanol–water partition coefficient (Wildman–Crippen LogP) is 0.414. The topological polar surface area (TPSA) is 80.0 Å². The van der Waals surface area contributed by atoms with Gasteiger partial charge >= 0.3 is 0 Å². The van der Waals surface area contributed by atoms with Gasteiger partial charge in [0, 0.05) is 46.8 Å². The maximum atomic E-state index is 11.2. The van der Waals surface area contributed by atoms with Gasteiger partial charge in [0.15, 0.2) is 5.96 Å². The van der Waals surface area contributed by atoms with Crippen LogP contribution in [0.1, 0.15) is 19.8 Å². The van der Waals surface area contributed by atoms with Gasteiger partial charge < -0.3 is 20.7 Å². The van der Waals surface area contributed by atoms with E-state index >= 15 is 0 Å². The second-order valence-corrected chi connectivity index (χ2v) is 3.78. The summed E-state index contributed by atoms with van der Waals surface area (Å²) in [6.07, 6.45) is 1.27. The fraction of sp³-hybridized carbons (Fsp3) is 0.818. The minimum Gasteiger partial charge on any atom is -0.382 e. The van der Waals surface area contributed by atoms with Gasteiger partial charge in [0.25, 0.3) is 0 Å². The van der Waals surface area contributed by atoms with Crippen LogP contribution >= 0.6 is 24.0 Å². The summed E-state index contributed by atoms with van der Waals surface area (Å²) in [6, 6.07) is 0. The van der Waals surface area contributed by atoms with E-state index in [0.717, 1.165) is 13.0 Å². The lowest BCUT2D eigenvalue weighted by atomic mass is 10.4. The summed E-state index contributed by atoms with van der Waals surface area (Å²) in [4.78, 5) is 16.9. The van der Waals surface area contributed by atoms with Crippen LogP contribution in [0.3, 0.4) is 0 Å².